The van der Waals surface area contributed by atoms with E-state index >= 15 is 0 Å². The molecule has 34 heavy (non-hydrogen) atoms. The normalized spacial score (nSPS) is 14.6. The van der Waals surface area contributed by atoms with E-state index in [4.69, 9.17) is 10.5 Å². The Balaban J connectivity index is 1.42. The molecule has 1 saturated heterocycles. The van der Waals surface area contributed by atoms with E-state index in [9.17, 15) is 9.90 Å². The Morgan fingerprint density at radius 2 is 1.74 bits per heavy atom. The van der Waals surface area contributed by atoms with Gasteiger partial charge in [0, 0.05) is 35.9 Å². The predicted octanol–water partition coefficient (Wildman–Crippen LogP) is 4.59. The molecule has 0 spiro atoms. The molecule has 1 amide bonds. The van der Waals surface area contributed by atoms with Crippen LogP contribution in [-0.4, -0.2) is 46.1 Å². The summed E-state index contributed by atoms with van der Waals surface area (Å²) in [6, 6.07) is 17.1. The number of phenols is 1. The van der Waals surface area contributed by atoms with Crippen LogP contribution in [0.2, 0.25) is 0 Å². The number of hydrogen-bond acceptors (Lipinski definition) is 7. The van der Waals surface area contributed by atoms with Gasteiger partial charge in [-0.1, -0.05) is 24.3 Å². The van der Waals surface area contributed by atoms with Crippen molar-refractivity contribution in [1.29, 1.82) is 0 Å². The highest BCUT2D eigenvalue weighted by Gasteiger charge is 2.24. The highest BCUT2D eigenvalue weighted by molar-refractivity contribution is 5.79. The zero-order valence-electron chi connectivity index (χ0n) is 19.8. The number of aromatic hydroxyl groups is 1. The molecule has 1 aliphatic heterocycles. The molecule has 8 nitrogen and oxygen atoms in total. The Hall–Kier alpha value is -3.81. The standard InChI is InChI=1S/C26H31N5O3/c1-26(2,3)34-25(33)28-18-12-14-31(15-13-18)19-10-8-17(9-11-19)21-16-22(29-30-24(21)27)20-6-4-5-7-23(20)32/h4-11,16,18,32H,12-15H2,1-3H3,(H2,27,30)(H,28,33). The lowest BCUT2D eigenvalue weighted by Gasteiger charge is -2.34. The molecule has 4 N–H and O–H groups in total. The molecule has 2 aromatic carbocycles. The lowest BCUT2D eigenvalue weighted by atomic mass is 10.0. The quantitative estimate of drug-likeness (QED) is 0.521. The topological polar surface area (TPSA) is 114 Å². The number of hydrogen-bond donors (Lipinski definition) is 3. The molecule has 0 bridgehead atoms. The van der Waals surface area contributed by atoms with Crippen molar-refractivity contribution in [2.24, 2.45) is 0 Å². The average molecular weight is 462 g/mol. The monoisotopic (exact) mass is 461 g/mol. The summed E-state index contributed by atoms with van der Waals surface area (Å²) in [5.41, 5.74) is 9.59. The van der Waals surface area contributed by atoms with Gasteiger partial charge in [0.2, 0.25) is 0 Å². The third kappa shape index (κ3) is 5.57. The molecule has 0 saturated carbocycles. The average Bonchev–Trinajstić information content (AvgIpc) is 2.79. The third-order valence-electron chi connectivity index (χ3n) is 5.76. The van der Waals surface area contributed by atoms with Crippen LogP contribution in [0.15, 0.2) is 54.6 Å². The number of carbonyl (C=O) groups excluding carboxylic acids is 1. The van der Waals surface area contributed by atoms with Crippen LogP contribution >= 0.6 is 0 Å². The smallest absolute Gasteiger partial charge is 0.407 e. The summed E-state index contributed by atoms with van der Waals surface area (Å²) in [5, 5.41) is 21.4. The molecule has 3 aromatic rings. The summed E-state index contributed by atoms with van der Waals surface area (Å²) in [6.07, 6.45) is 1.35. The van der Waals surface area contributed by atoms with Gasteiger partial charge < -0.3 is 25.8 Å². The largest absolute Gasteiger partial charge is 0.507 e. The maximum Gasteiger partial charge on any atom is 0.407 e. The maximum atomic E-state index is 12.0. The minimum absolute atomic E-state index is 0.112. The number of ether oxygens (including phenoxy) is 1. The number of piperidine rings is 1. The van der Waals surface area contributed by atoms with Gasteiger partial charge in [0.1, 0.15) is 11.4 Å². The first-order chi connectivity index (χ1) is 16.2. The zero-order valence-corrected chi connectivity index (χ0v) is 19.8. The molecule has 8 heteroatoms. The maximum absolute atomic E-state index is 12.0. The molecule has 1 aromatic heterocycles. The molecule has 0 unspecified atom stereocenters. The van der Waals surface area contributed by atoms with E-state index in [1.165, 1.54) is 0 Å². The van der Waals surface area contributed by atoms with Gasteiger partial charge in [-0.15, -0.1) is 10.2 Å². The Morgan fingerprint density at radius 3 is 2.38 bits per heavy atom. The number of nitrogens with zero attached hydrogens (tertiary/aromatic N) is 3. The fourth-order valence-electron chi connectivity index (χ4n) is 4.06. The van der Waals surface area contributed by atoms with Crippen LogP contribution < -0.4 is 16.0 Å². The van der Waals surface area contributed by atoms with Crippen molar-refractivity contribution in [3.8, 4) is 28.1 Å². The van der Waals surface area contributed by atoms with Crippen molar-refractivity contribution in [3.63, 3.8) is 0 Å². The number of nitrogen functional groups attached to an aromatic ring is 1. The molecular formula is C26H31N5O3. The molecule has 0 aliphatic carbocycles. The van der Waals surface area contributed by atoms with Crippen molar-refractivity contribution in [3.05, 3.63) is 54.6 Å². The Kier molecular flexibility index (Phi) is 6.58. The summed E-state index contributed by atoms with van der Waals surface area (Å²) in [6.45, 7) is 7.27. The highest BCUT2D eigenvalue weighted by atomic mass is 16.6. The molecule has 0 atom stereocenters. The van der Waals surface area contributed by atoms with Crippen molar-refractivity contribution < 1.29 is 14.6 Å². The number of rotatable bonds is 4. The second-order valence-electron chi connectivity index (χ2n) is 9.50. The molecule has 178 valence electrons. The van der Waals surface area contributed by atoms with E-state index < -0.39 is 5.60 Å². The number of para-hydroxylation sites is 1. The van der Waals surface area contributed by atoms with Crippen LogP contribution in [0.5, 0.6) is 5.75 Å². The van der Waals surface area contributed by atoms with E-state index in [0.717, 1.165) is 42.7 Å². The first-order valence-electron chi connectivity index (χ1n) is 11.5. The van der Waals surface area contributed by atoms with E-state index in [0.29, 0.717) is 17.1 Å². The van der Waals surface area contributed by atoms with Gasteiger partial charge in [0.15, 0.2) is 5.82 Å². The predicted molar refractivity (Wildman–Crippen MR) is 134 cm³/mol. The molecular weight excluding hydrogens is 430 g/mol. The Bertz CT molecular complexity index is 1150. The lowest BCUT2D eigenvalue weighted by molar-refractivity contribution is 0.0497. The number of anilines is 2. The van der Waals surface area contributed by atoms with E-state index in [1.54, 1.807) is 18.2 Å². The highest BCUT2D eigenvalue weighted by Crippen LogP contribution is 2.33. The molecule has 0 radical (unpaired) electrons. The van der Waals surface area contributed by atoms with Gasteiger partial charge in [-0.05, 0) is 69.5 Å². The van der Waals surface area contributed by atoms with Gasteiger partial charge >= 0.3 is 6.09 Å². The number of aromatic nitrogens is 2. The molecule has 1 aliphatic rings. The summed E-state index contributed by atoms with van der Waals surface area (Å²) in [5.74, 6) is 0.480. The number of alkyl carbamates (subject to hydrolysis) is 1. The summed E-state index contributed by atoms with van der Waals surface area (Å²) >= 11 is 0. The van der Waals surface area contributed by atoms with Gasteiger partial charge in [-0.25, -0.2) is 4.79 Å². The third-order valence-corrected chi connectivity index (χ3v) is 5.76. The summed E-state index contributed by atoms with van der Waals surface area (Å²) < 4.78 is 5.36. The van der Waals surface area contributed by atoms with Crippen LogP contribution in [-0.2, 0) is 4.74 Å². The van der Waals surface area contributed by atoms with Crippen molar-refractivity contribution >= 4 is 17.6 Å². The minimum atomic E-state index is -0.498. The van der Waals surface area contributed by atoms with Gasteiger partial charge in [0.05, 0.1) is 5.69 Å². The molecule has 2 heterocycles. The van der Waals surface area contributed by atoms with Gasteiger partial charge in [-0.3, -0.25) is 0 Å². The first kappa shape index (κ1) is 23.4. The number of amides is 1. The van der Waals surface area contributed by atoms with E-state index in [-0.39, 0.29) is 17.9 Å². The van der Waals surface area contributed by atoms with Gasteiger partial charge in [0.25, 0.3) is 0 Å². The van der Waals surface area contributed by atoms with Crippen LogP contribution in [0.3, 0.4) is 0 Å². The SMILES string of the molecule is CC(C)(C)OC(=O)NC1CCN(c2ccc(-c3cc(-c4ccccc4O)nnc3N)cc2)CC1. The van der Waals surface area contributed by atoms with Crippen molar-refractivity contribution in [2.75, 3.05) is 23.7 Å². The minimum Gasteiger partial charge on any atom is -0.507 e. The van der Waals surface area contributed by atoms with Crippen molar-refractivity contribution in [1.82, 2.24) is 15.5 Å². The molecule has 1 fully saturated rings. The van der Waals surface area contributed by atoms with Gasteiger partial charge in [-0.2, -0.15) is 0 Å². The van der Waals surface area contributed by atoms with Crippen LogP contribution in [0, 0.1) is 0 Å². The number of nitrogens with one attached hydrogen (secondary N) is 1. The second kappa shape index (κ2) is 9.59. The van der Waals surface area contributed by atoms with E-state index in [1.807, 2.05) is 45.0 Å². The zero-order chi connectivity index (χ0) is 24.3. The van der Waals surface area contributed by atoms with Crippen LogP contribution in [0.1, 0.15) is 33.6 Å². The van der Waals surface area contributed by atoms with Crippen molar-refractivity contribution in [2.45, 2.75) is 45.3 Å². The Labute approximate surface area is 199 Å². The Morgan fingerprint density at radius 1 is 1.06 bits per heavy atom. The number of benzene rings is 2. The van der Waals surface area contributed by atoms with Crippen LogP contribution in [0.4, 0.5) is 16.3 Å². The fourth-order valence-corrected chi connectivity index (χ4v) is 4.06. The second-order valence-corrected chi connectivity index (χ2v) is 9.50. The number of carbonyl (C=O) groups is 1. The summed E-state index contributed by atoms with van der Waals surface area (Å²) in [4.78, 5) is 14.3. The lowest BCUT2D eigenvalue weighted by Crippen LogP contribution is -2.46. The molecule has 4 rings (SSSR count). The fraction of sp³-hybridized carbons (Fsp3) is 0.346. The summed E-state index contributed by atoms with van der Waals surface area (Å²) in [7, 11) is 0. The van der Waals surface area contributed by atoms with Crippen LogP contribution in [0.25, 0.3) is 22.4 Å². The van der Waals surface area contributed by atoms with E-state index in [2.05, 4.69) is 32.5 Å². The number of nitrogens with two attached hydrogens (primary N) is 1. The first-order valence-corrected chi connectivity index (χ1v) is 11.5. The number of phenolic OH excluding ortho intramolecular Hbond substituents is 1.